The van der Waals surface area contributed by atoms with Crippen molar-refractivity contribution < 1.29 is 14.3 Å². The molecule has 3 atom stereocenters. The van der Waals surface area contributed by atoms with Gasteiger partial charge in [0.25, 0.3) is 0 Å². The lowest BCUT2D eigenvalue weighted by Gasteiger charge is -2.38. The predicted molar refractivity (Wildman–Crippen MR) is 87.7 cm³/mol. The monoisotopic (exact) mass is 326 g/mol. The molecule has 122 valence electrons. The Balaban J connectivity index is 2.07. The number of halogens is 1. The largest absolute Gasteiger partial charge is 0.495 e. The van der Waals surface area contributed by atoms with Crippen LogP contribution in [0.5, 0.6) is 5.75 Å². The molecule has 1 heterocycles. The van der Waals surface area contributed by atoms with E-state index in [-0.39, 0.29) is 24.2 Å². The zero-order valence-electron chi connectivity index (χ0n) is 13.4. The van der Waals surface area contributed by atoms with E-state index in [0.29, 0.717) is 16.5 Å². The fourth-order valence-electron chi connectivity index (χ4n) is 2.71. The summed E-state index contributed by atoms with van der Waals surface area (Å²) in [6.45, 7) is 7.43. The van der Waals surface area contributed by atoms with Gasteiger partial charge < -0.3 is 14.8 Å². The highest BCUT2D eigenvalue weighted by Gasteiger charge is 2.29. The van der Waals surface area contributed by atoms with Crippen LogP contribution in [-0.2, 0) is 9.53 Å². The van der Waals surface area contributed by atoms with E-state index in [2.05, 4.69) is 10.2 Å². The lowest BCUT2D eigenvalue weighted by atomic mass is 10.1. The van der Waals surface area contributed by atoms with E-state index in [1.165, 1.54) is 0 Å². The number of hydrogen-bond acceptors (Lipinski definition) is 4. The van der Waals surface area contributed by atoms with Crippen molar-refractivity contribution in [3.05, 3.63) is 23.2 Å². The molecule has 0 unspecified atom stereocenters. The molecule has 1 aromatic carbocycles. The highest BCUT2D eigenvalue weighted by atomic mass is 35.5. The van der Waals surface area contributed by atoms with Crippen molar-refractivity contribution in [3.63, 3.8) is 0 Å². The van der Waals surface area contributed by atoms with Gasteiger partial charge in [-0.15, -0.1) is 0 Å². The number of carbonyl (C=O) groups is 1. The third-order valence-corrected chi connectivity index (χ3v) is 4.03. The second-order valence-corrected chi connectivity index (χ2v) is 6.16. The van der Waals surface area contributed by atoms with Crippen LogP contribution in [0.25, 0.3) is 0 Å². The minimum absolute atomic E-state index is 0.0816. The molecular formula is C16H23ClN2O3. The summed E-state index contributed by atoms with van der Waals surface area (Å²) in [4.78, 5) is 14.6. The molecule has 5 nitrogen and oxygen atoms in total. The number of methoxy groups -OCH3 is 1. The van der Waals surface area contributed by atoms with Crippen molar-refractivity contribution in [2.24, 2.45) is 0 Å². The first kappa shape index (κ1) is 17.1. The number of ether oxygens (including phenoxy) is 2. The van der Waals surface area contributed by atoms with Crippen LogP contribution in [0.15, 0.2) is 18.2 Å². The molecule has 1 aliphatic heterocycles. The maximum atomic E-state index is 12.5. The third-order valence-electron chi connectivity index (χ3n) is 3.79. The summed E-state index contributed by atoms with van der Waals surface area (Å²) in [5.74, 6) is 0.510. The Bertz CT molecular complexity index is 528. The zero-order chi connectivity index (χ0) is 16.3. The molecular weight excluding hydrogens is 304 g/mol. The molecule has 1 aliphatic rings. The van der Waals surface area contributed by atoms with E-state index in [1.54, 1.807) is 25.3 Å². The van der Waals surface area contributed by atoms with Gasteiger partial charge in [0.05, 0.1) is 31.0 Å². The molecule has 1 amide bonds. The fraction of sp³-hybridized carbons (Fsp3) is 0.562. The molecule has 1 saturated heterocycles. The van der Waals surface area contributed by atoms with Crippen LogP contribution in [0.3, 0.4) is 0 Å². The number of hydrogen-bond donors (Lipinski definition) is 1. The summed E-state index contributed by atoms with van der Waals surface area (Å²) in [6, 6.07) is 4.90. The normalized spacial score (nSPS) is 23.9. The Hall–Kier alpha value is -1.30. The van der Waals surface area contributed by atoms with E-state index in [1.807, 2.05) is 20.8 Å². The smallest absolute Gasteiger partial charge is 0.241 e. The first-order valence-corrected chi connectivity index (χ1v) is 7.82. The van der Waals surface area contributed by atoms with Gasteiger partial charge in [-0.3, -0.25) is 9.69 Å². The van der Waals surface area contributed by atoms with E-state index in [9.17, 15) is 4.79 Å². The van der Waals surface area contributed by atoms with Crippen LogP contribution in [0.1, 0.15) is 20.8 Å². The predicted octanol–water partition coefficient (Wildman–Crippen LogP) is 2.78. The number of morpholine rings is 1. The topological polar surface area (TPSA) is 50.8 Å². The van der Waals surface area contributed by atoms with Crippen LogP contribution >= 0.6 is 11.6 Å². The molecule has 0 aromatic heterocycles. The lowest BCUT2D eigenvalue weighted by molar-refractivity contribution is -0.126. The number of nitrogens with zero attached hydrogens (tertiary/aromatic N) is 1. The Morgan fingerprint density at radius 1 is 1.41 bits per heavy atom. The van der Waals surface area contributed by atoms with Gasteiger partial charge in [0.15, 0.2) is 0 Å². The Kier molecular flexibility index (Phi) is 5.67. The van der Waals surface area contributed by atoms with E-state index < -0.39 is 0 Å². The number of nitrogens with one attached hydrogen (secondary N) is 1. The van der Waals surface area contributed by atoms with E-state index in [0.717, 1.165) is 13.1 Å². The Morgan fingerprint density at radius 2 is 2.05 bits per heavy atom. The summed E-state index contributed by atoms with van der Waals surface area (Å²) in [6.07, 6.45) is 0.249. The van der Waals surface area contributed by atoms with Crippen LogP contribution < -0.4 is 10.1 Å². The zero-order valence-corrected chi connectivity index (χ0v) is 14.2. The second kappa shape index (κ2) is 7.31. The van der Waals surface area contributed by atoms with Crippen LogP contribution in [-0.4, -0.2) is 49.3 Å². The summed E-state index contributed by atoms with van der Waals surface area (Å²) >= 11 is 5.99. The van der Waals surface area contributed by atoms with Crippen LogP contribution in [0.2, 0.25) is 5.02 Å². The molecule has 1 N–H and O–H groups in total. The quantitative estimate of drug-likeness (QED) is 0.924. The molecule has 22 heavy (non-hydrogen) atoms. The van der Waals surface area contributed by atoms with Gasteiger partial charge in [0.2, 0.25) is 5.91 Å². The molecule has 2 rings (SSSR count). The summed E-state index contributed by atoms with van der Waals surface area (Å²) < 4.78 is 11.0. The Labute approximate surface area is 136 Å². The highest BCUT2D eigenvalue weighted by Crippen LogP contribution is 2.28. The average molecular weight is 327 g/mol. The molecule has 6 heteroatoms. The van der Waals surface area contributed by atoms with Crippen molar-refractivity contribution in [3.8, 4) is 5.75 Å². The number of benzene rings is 1. The molecule has 0 aliphatic carbocycles. The minimum Gasteiger partial charge on any atom is -0.495 e. The van der Waals surface area contributed by atoms with Crippen LogP contribution in [0, 0.1) is 0 Å². The molecule has 1 fully saturated rings. The molecule has 0 saturated carbocycles. The molecule has 1 aromatic rings. The van der Waals surface area contributed by atoms with Gasteiger partial charge in [-0.05, 0) is 39.0 Å². The minimum atomic E-state index is -0.252. The summed E-state index contributed by atoms with van der Waals surface area (Å²) in [7, 11) is 1.56. The van der Waals surface area contributed by atoms with Gasteiger partial charge in [0.1, 0.15) is 5.75 Å². The number of rotatable bonds is 4. The number of anilines is 1. The number of carbonyl (C=O) groups excluding carboxylic acids is 1. The van der Waals surface area contributed by atoms with Crippen molar-refractivity contribution in [2.45, 2.75) is 39.0 Å². The first-order valence-electron chi connectivity index (χ1n) is 7.44. The fourth-order valence-corrected chi connectivity index (χ4v) is 2.89. The third kappa shape index (κ3) is 4.12. The van der Waals surface area contributed by atoms with Gasteiger partial charge in [-0.25, -0.2) is 0 Å². The standard InChI is InChI=1S/C16H23ClN2O3/c1-10-8-19(9-11(2)22-10)12(3)16(20)18-14-7-13(17)5-6-15(14)21-4/h5-7,10-12H,8-9H2,1-4H3,(H,18,20)/t10-,11-,12+/m1/s1. The van der Waals surface area contributed by atoms with E-state index >= 15 is 0 Å². The summed E-state index contributed by atoms with van der Waals surface area (Å²) in [5, 5.41) is 3.45. The molecule has 0 bridgehead atoms. The van der Waals surface area contributed by atoms with Gasteiger partial charge in [-0.2, -0.15) is 0 Å². The van der Waals surface area contributed by atoms with Crippen molar-refractivity contribution in [1.82, 2.24) is 4.90 Å². The van der Waals surface area contributed by atoms with Crippen molar-refractivity contribution in [1.29, 1.82) is 0 Å². The summed E-state index contributed by atoms with van der Waals surface area (Å²) in [5.41, 5.74) is 0.584. The average Bonchev–Trinajstić information content (AvgIpc) is 2.45. The maximum absolute atomic E-state index is 12.5. The van der Waals surface area contributed by atoms with Gasteiger partial charge in [0, 0.05) is 18.1 Å². The number of amides is 1. The second-order valence-electron chi connectivity index (χ2n) is 5.72. The van der Waals surface area contributed by atoms with Crippen molar-refractivity contribution in [2.75, 3.05) is 25.5 Å². The Morgan fingerprint density at radius 3 is 2.64 bits per heavy atom. The van der Waals surface area contributed by atoms with Crippen molar-refractivity contribution >= 4 is 23.2 Å². The molecule has 0 spiro atoms. The molecule has 0 radical (unpaired) electrons. The van der Waals surface area contributed by atoms with Crippen LogP contribution in [0.4, 0.5) is 5.69 Å². The SMILES string of the molecule is COc1ccc(Cl)cc1NC(=O)[C@H](C)N1C[C@@H](C)O[C@H](C)C1. The van der Waals surface area contributed by atoms with Gasteiger partial charge >= 0.3 is 0 Å². The lowest BCUT2D eigenvalue weighted by Crippen LogP contribution is -2.52. The highest BCUT2D eigenvalue weighted by molar-refractivity contribution is 6.31. The first-order chi connectivity index (χ1) is 10.4. The van der Waals surface area contributed by atoms with Gasteiger partial charge in [-0.1, -0.05) is 11.6 Å². The van der Waals surface area contributed by atoms with E-state index in [4.69, 9.17) is 21.1 Å². The maximum Gasteiger partial charge on any atom is 0.241 e.